The van der Waals surface area contributed by atoms with E-state index in [9.17, 15) is 23.6 Å². The van der Waals surface area contributed by atoms with Crippen molar-refractivity contribution < 1.29 is 18.4 Å². The molecule has 38 heavy (non-hydrogen) atoms. The molecule has 1 atom stereocenters. The molecule has 0 aliphatic carbocycles. The number of nitro groups is 1. The minimum absolute atomic E-state index is 0.0930. The van der Waals surface area contributed by atoms with E-state index < -0.39 is 21.1 Å². The smallest absolute Gasteiger partial charge is 0.269 e. The number of para-hydroxylation sites is 1. The Bertz CT molecular complexity index is 1380. The summed E-state index contributed by atoms with van der Waals surface area (Å²) in [5, 5.41) is 22.2. The van der Waals surface area contributed by atoms with Crippen LogP contribution >= 0.6 is 0 Å². The van der Waals surface area contributed by atoms with Gasteiger partial charge < -0.3 is 5.11 Å². The molecule has 0 aromatic heterocycles. The second-order valence-corrected chi connectivity index (χ2v) is 10.8. The van der Waals surface area contributed by atoms with Gasteiger partial charge in [-0.05, 0) is 35.4 Å². The van der Waals surface area contributed by atoms with E-state index in [0.717, 1.165) is 27.6 Å². The number of hydrogen-bond donors (Lipinski definition) is 1. The highest BCUT2D eigenvalue weighted by Gasteiger charge is 2.28. The predicted octanol–water partition coefficient (Wildman–Crippen LogP) is 4.85. The van der Waals surface area contributed by atoms with Crippen LogP contribution < -0.4 is 4.31 Å². The number of nitrogens with zero attached hydrogens (tertiary/aromatic N) is 3. The fraction of sp³-hybridized carbons (Fsp3) is 0.172. The highest BCUT2D eigenvalue weighted by Crippen LogP contribution is 2.26. The molecule has 0 spiro atoms. The van der Waals surface area contributed by atoms with E-state index in [1.807, 2.05) is 60.7 Å². The second kappa shape index (κ2) is 12.5. The molecular formula is C29H29N3O5S. The largest absolute Gasteiger partial charge is 0.390 e. The van der Waals surface area contributed by atoms with Crippen molar-refractivity contribution in [3.05, 3.63) is 137 Å². The van der Waals surface area contributed by atoms with Crippen molar-refractivity contribution in [1.82, 2.24) is 4.90 Å². The van der Waals surface area contributed by atoms with Gasteiger partial charge in [-0.1, -0.05) is 78.9 Å². The van der Waals surface area contributed by atoms with Gasteiger partial charge in [0.1, 0.15) is 0 Å². The lowest BCUT2D eigenvalue weighted by molar-refractivity contribution is -0.384. The fourth-order valence-corrected chi connectivity index (χ4v) is 5.72. The van der Waals surface area contributed by atoms with Crippen molar-refractivity contribution in [1.29, 1.82) is 0 Å². The second-order valence-electron chi connectivity index (χ2n) is 8.92. The Morgan fingerprint density at radius 3 is 1.66 bits per heavy atom. The van der Waals surface area contributed by atoms with Gasteiger partial charge in [-0.2, -0.15) is 0 Å². The van der Waals surface area contributed by atoms with Gasteiger partial charge in [0.15, 0.2) is 0 Å². The molecule has 0 heterocycles. The number of aliphatic hydroxyl groups excluding tert-OH is 1. The third-order valence-electron chi connectivity index (χ3n) is 6.02. The van der Waals surface area contributed by atoms with Crippen LogP contribution in [0.5, 0.6) is 0 Å². The van der Waals surface area contributed by atoms with Crippen molar-refractivity contribution in [3.63, 3.8) is 0 Å². The third-order valence-corrected chi connectivity index (χ3v) is 7.83. The molecule has 0 radical (unpaired) electrons. The van der Waals surface area contributed by atoms with Gasteiger partial charge in [0, 0.05) is 31.8 Å². The van der Waals surface area contributed by atoms with Crippen LogP contribution in [0.2, 0.25) is 0 Å². The zero-order chi connectivity index (χ0) is 27.0. The normalized spacial score (nSPS) is 12.3. The summed E-state index contributed by atoms with van der Waals surface area (Å²) in [6.07, 6.45) is -1.02. The molecule has 4 aromatic carbocycles. The minimum Gasteiger partial charge on any atom is -0.390 e. The first kappa shape index (κ1) is 27.0. The van der Waals surface area contributed by atoms with E-state index >= 15 is 0 Å². The summed E-state index contributed by atoms with van der Waals surface area (Å²) in [4.78, 5) is 12.4. The molecule has 0 fully saturated rings. The summed E-state index contributed by atoms with van der Waals surface area (Å²) in [7, 11) is -4.11. The van der Waals surface area contributed by atoms with Crippen LogP contribution in [0, 0.1) is 10.1 Å². The summed E-state index contributed by atoms with van der Waals surface area (Å²) < 4.78 is 28.5. The first-order valence-corrected chi connectivity index (χ1v) is 13.6. The van der Waals surface area contributed by atoms with Crippen LogP contribution in [0.25, 0.3) is 0 Å². The lowest BCUT2D eigenvalue weighted by atomic mass is 10.1. The molecule has 9 heteroatoms. The molecule has 4 aromatic rings. The van der Waals surface area contributed by atoms with Crippen LogP contribution in [0.1, 0.15) is 11.1 Å². The molecule has 4 rings (SSSR count). The molecule has 0 unspecified atom stereocenters. The molecular weight excluding hydrogens is 502 g/mol. The Kier molecular flexibility index (Phi) is 8.85. The summed E-state index contributed by atoms with van der Waals surface area (Å²) >= 11 is 0. The Morgan fingerprint density at radius 1 is 0.711 bits per heavy atom. The van der Waals surface area contributed by atoms with Crippen LogP contribution in [-0.2, 0) is 23.1 Å². The molecule has 0 bridgehead atoms. The maximum absolute atomic E-state index is 13.6. The van der Waals surface area contributed by atoms with Crippen molar-refractivity contribution in [2.45, 2.75) is 24.1 Å². The van der Waals surface area contributed by atoms with Gasteiger partial charge >= 0.3 is 0 Å². The Hall–Kier alpha value is -4.05. The SMILES string of the molecule is O=[N+]([O-])c1ccc(S(=O)(=O)N(C[C@H](O)CN(Cc2ccccc2)Cc2ccccc2)c2ccccc2)cc1. The van der Waals surface area contributed by atoms with E-state index in [2.05, 4.69) is 4.90 Å². The number of non-ortho nitro benzene ring substituents is 1. The van der Waals surface area contributed by atoms with E-state index in [-0.39, 0.29) is 23.7 Å². The highest BCUT2D eigenvalue weighted by atomic mass is 32.2. The topological polar surface area (TPSA) is 104 Å². The summed E-state index contributed by atoms with van der Waals surface area (Å²) in [6.45, 7) is 1.19. The first-order valence-electron chi connectivity index (χ1n) is 12.1. The van der Waals surface area contributed by atoms with Crippen LogP contribution in [0.15, 0.2) is 120 Å². The molecule has 0 aliphatic heterocycles. The number of aliphatic hydroxyl groups is 1. The Balaban J connectivity index is 1.58. The molecule has 1 N–H and O–H groups in total. The number of nitro benzene ring substituents is 1. The fourth-order valence-electron chi connectivity index (χ4n) is 4.22. The van der Waals surface area contributed by atoms with Crippen LogP contribution in [0.4, 0.5) is 11.4 Å². The predicted molar refractivity (Wildman–Crippen MR) is 147 cm³/mol. The zero-order valence-electron chi connectivity index (χ0n) is 20.7. The number of anilines is 1. The number of benzene rings is 4. The third kappa shape index (κ3) is 7.04. The van der Waals surface area contributed by atoms with Gasteiger partial charge in [-0.25, -0.2) is 8.42 Å². The van der Waals surface area contributed by atoms with E-state index in [4.69, 9.17) is 0 Å². The van der Waals surface area contributed by atoms with Crippen molar-refractivity contribution in [2.24, 2.45) is 0 Å². The summed E-state index contributed by atoms with van der Waals surface area (Å²) in [6, 6.07) is 33.1. The number of sulfonamides is 1. The summed E-state index contributed by atoms with van der Waals surface area (Å²) in [5.74, 6) is 0. The summed E-state index contributed by atoms with van der Waals surface area (Å²) in [5.41, 5.74) is 2.35. The quantitative estimate of drug-likeness (QED) is 0.207. The number of rotatable bonds is 12. The lowest BCUT2D eigenvalue weighted by Gasteiger charge is -2.30. The maximum Gasteiger partial charge on any atom is 0.269 e. The van der Waals surface area contributed by atoms with Gasteiger partial charge in [0.25, 0.3) is 15.7 Å². The monoisotopic (exact) mass is 531 g/mol. The molecule has 0 aliphatic rings. The molecule has 196 valence electrons. The molecule has 0 amide bonds. The van der Waals surface area contributed by atoms with Gasteiger partial charge in [-0.15, -0.1) is 0 Å². The van der Waals surface area contributed by atoms with E-state index in [1.54, 1.807) is 30.3 Å². The Labute approximate surface area is 222 Å². The Morgan fingerprint density at radius 2 is 1.18 bits per heavy atom. The molecule has 8 nitrogen and oxygen atoms in total. The highest BCUT2D eigenvalue weighted by molar-refractivity contribution is 7.92. The minimum atomic E-state index is -4.11. The zero-order valence-corrected chi connectivity index (χ0v) is 21.5. The van der Waals surface area contributed by atoms with Crippen molar-refractivity contribution in [3.8, 4) is 0 Å². The van der Waals surface area contributed by atoms with Gasteiger partial charge in [-0.3, -0.25) is 19.3 Å². The average molecular weight is 532 g/mol. The van der Waals surface area contributed by atoms with Gasteiger partial charge in [0.05, 0.1) is 28.2 Å². The van der Waals surface area contributed by atoms with Crippen molar-refractivity contribution >= 4 is 21.4 Å². The first-order chi connectivity index (χ1) is 18.3. The average Bonchev–Trinajstić information content (AvgIpc) is 2.93. The lowest BCUT2D eigenvalue weighted by Crippen LogP contribution is -2.42. The van der Waals surface area contributed by atoms with Crippen molar-refractivity contribution in [2.75, 3.05) is 17.4 Å². The molecule has 0 saturated carbocycles. The van der Waals surface area contributed by atoms with E-state index in [1.165, 1.54) is 12.1 Å². The van der Waals surface area contributed by atoms with Crippen LogP contribution in [0.3, 0.4) is 0 Å². The van der Waals surface area contributed by atoms with Crippen LogP contribution in [-0.4, -0.2) is 42.5 Å². The van der Waals surface area contributed by atoms with E-state index in [0.29, 0.717) is 18.8 Å². The van der Waals surface area contributed by atoms with Gasteiger partial charge in [0.2, 0.25) is 0 Å². The number of hydrogen-bond acceptors (Lipinski definition) is 6. The maximum atomic E-state index is 13.6. The standard InChI is InChI=1S/C29H29N3O5S/c33-28(22-30(20-24-10-4-1-5-11-24)21-25-12-6-2-7-13-25)23-31(26-14-8-3-9-15-26)38(36,37)29-18-16-27(17-19-29)32(34)35/h1-19,28,33H,20-23H2/t28-/m1/s1. The molecule has 0 saturated heterocycles.